The first-order valence-corrected chi connectivity index (χ1v) is 8.95. The van der Waals surface area contributed by atoms with E-state index >= 15 is 0 Å². The van der Waals surface area contributed by atoms with Gasteiger partial charge in [-0.05, 0) is 45.6 Å². The smallest absolute Gasteiger partial charge is 0.156 e. The predicted octanol–water partition coefficient (Wildman–Crippen LogP) is 2.46. The molecule has 1 heterocycles. The zero-order valence-electron chi connectivity index (χ0n) is 12.6. The van der Waals surface area contributed by atoms with Gasteiger partial charge in [0.1, 0.15) is 0 Å². The maximum absolute atomic E-state index is 12.1. The van der Waals surface area contributed by atoms with Gasteiger partial charge in [0, 0.05) is 24.5 Å². The van der Waals surface area contributed by atoms with Crippen LogP contribution in [0.4, 0.5) is 0 Å². The Hall–Kier alpha value is -0.810. The minimum atomic E-state index is -3.10. The van der Waals surface area contributed by atoms with Gasteiger partial charge in [0.05, 0.1) is 16.6 Å². The summed E-state index contributed by atoms with van der Waals surface area (Å²) in [6.45, 7) is 5.66. The highest BCUT2D eigenvalue weighted by Gasteiger charge is 2.28. The minimum absolute atomic E-state index is 0.139. The maximum Gasteiger partial charge on any atom is 0.156 e. The van der Waals surface area contributed by atoms with E-state index in [0.717, 1.165) is 31.2 Å². The highest BCUT2D eigenvalue weighted by Crippen LogP contribution is 2.29. The Morgan fingerprint density at radius 3 is 2.65 bits per heavy atom. The molecule has 1 atom stereocenters. The van der Waals surface area contributed by atoms with Crippen LogP contribution in [0.2, 0.25) is 0 Å². The molecule has 0 radical (unpaired) electrons. The molecule has 1 aliphatic rings. The summed E-state index contributed by atoms with van der Waals surface area (Å²) in [6, 6.07) is 0. The van der Waals surface area contributed by atoms with E-state index in [4.69, 9.17) is 0 Å². The van der Waals surface area contributed by atoms with Gasteiger partial charge in [-0.3, -0.25) is 0 Å². The molecule has 1 aromatic heterocycles. The van der Waals surface area contributed by atoms with Crippen molar-refractivity contribution in [2.75, 3.05) is 5.75 Å². The molecule has 0 aromatic carbocycles. The Morgan fingerprint density at radius 1 is 1.30 bits per heavy atom. The summed E-state index contributed by atoms with van der Waals surface area (Å²) in [5.41, 5.74) is 2.15. The molecule has 0 fully saturated rings. The van der Waals surface area contributed by atoms with Crippen molar-refractivity contribution >= 4 is 9.84 Å². The Kier molecular flexibility index (Phi) is 4.30. The Bertz CT molecular complexity index is 566. The molecule has 2 rings (SSSR count). The first-order chi connectivity index (χ1) is 9.21. The summed E-state index contributed by atoms with van der Waals surface area (Å²) >= 11 is 0. The zero-order valence-corrected chi connectivity index (χ0v) is 13.4. The summed E-state index contributed by atoms with van der Waals surface area (Å²) in [5.74, 6) is 0.139. The van der Waals surface area contributed by atoms with Gasteiger partial charge in [0.2, 0.25) is 0 Å². The van der Waals surface area contributed by atoms with E-state index in [1.165, 1.54) is 5.56 Å². The van der Waals surface area contributed by atoms with E-state index in [-0.39, 0.29) is 5.75 Å². The van der Waals surface area contributed by atoms with Crippen LogP contribution in [0.15, 0.2) is 12.4 Å². The number of nitrogens with zero attached hydrogens (tertiary/aromatic N) is 1. The van der Waals surface area contributed by atoms with Crippen molar-refractivity contribution in [2.24, 2.45) is 0 Å². The lowest BCUT2D eigenvalue weighted by Gasteiger charge is -2.19. The van der Waals surface area contributed by atoms with Crippen LogP contribution in [0.25, 0.3) is 0 Å². The Labute approximate surface area is 121 Å². The topological polar surface area (TPSA) is 59.3 Å². The molecule has 4 nitrogen and oxygen atoms in total. The second-order valence-electron chi connectivity index (χ2n) is 6.67. The standard InChI is InChI=1S/C15H25NO3S/c1-15(2,3)20(18,19)9-8-16-10-12-6-4-5-7-14(17)13(12)11-16/h10-11,14,17H,4-9H2,1-3H3. The summed E-state index contributed by atoms with van der Waals surface area (Å²) < 4.78 is 25.5. The molecule has 1 N–H and O–H groups in total. The van der Waals surface area contributed by atoms with Crippen LogP contribution < -0.4 is 0 Å². The number of rotatable bonds is 3. The number of aliphatic hydroxyl groups is 1. The van der Waals surface area contributed by atoms with Crippen LogP contribution in [-0.2, 0) is 22.8 Å². The molecule has 0 aliphatic heterocycles. The summed E-state index contributed by atoms with van der Waals surface area (Å²) in [5, 5.41) is 10.1. The third-order valence-corrected chi connectivity index (χ3v) is 6.67. The molecule has 0 bridgehead atoms. The van der Waals surface area contributed by atoms with Crippen molar-refractivity contribution in [2.45, 2.75) is 63.9 Å². The average molecular weight is 299 g/mol. The molecule has 1 aliphatic carbocycles. The second kappa shape index (κ2) is 5.53. The van der Waals surface area contributed by atoms with Crippen LogP contribution in [0, 0.1) is 0 Å². The molecule has 1 unspecified atom stereocenters. The number of aromatic nitrogens is 1. The number of hydrogen-bond acceptors (Lipinski definition) is 3. The quantitative estimate of drug-likeness (QED) is 0.872. The predicted molar refractivity (Wildman–Crippen MR) is 80.5 cm³/mol. The van der Waals surface area contributed by atoms with Crippen LogP contribution in [0.5, 0.6) is 0 Å². The Balaban J connectivity index is 2.11. The lowest BCUT2D eigenvalue weighted by atomic mass is 10.1. The summed E-state index contributed by atoms with van der Waals surface area (Å²) in [7, 11) is -3.10. The first kappa shape index (κ1) is 15.6. The van der Waals surface area contributed by atoms with E-state index in [2.05, 4.69) is 0 Å². The summed E-state index contributed by atoms with van der Waals surface area (Å²) in [4.78, 5) is 0. The maximum atomic E-state index is 12.1. The van der Waals surface area contributed by atoms with Gasteiger partial charge >= 0.3 is 0 Å². The third kappa shape index (κ3) is 3.26. The summed E-state index contributed by atoms with van der Waals surface area (Å²) in [6.07, 6.45) is 7.45. The second-order valence-corrected chi connectivity index (χ2v) is 9.53. The minimum Gasteiger partial charge on any atom is -0.388 e. The molecule has 20 heavy (non-hydrogen) atoms. The van der Waals surface area contributed by atoms with E-state index < -0.39 is 20.7 Å². The van der Waals surface area contributed by atoms with Crippen molar-refractivity contribution in [3.05, 3.63) is 23.5 Å². The van der Waals surface area contributed by atoms with Gasteiger partial charge in [-0.2, -0.15) is 0 Å². The van der Waals surface area contributed by atoms with Crippen molar-refractivity contribution < 1.29 is 13.5 Å². The third-order valence-electron chi connectivity index (χ3n) is 4.08. The largest absolute Gasteiger partial charge is 0.388 e. The monoisotopic (exact) mass is 299 g/mol. The normalized spacial score (nSPS) is 20.5. The number of aliphatic hydroxyl groups excluding tert-OH is 1. The van der Waals surface area contributed by atoms with Crippen molar-refractivity contribution in [1.29, 1.82) is 0 Å². The average Bonchev–Trinajstić information content (AvgIpc) is 2.67. The number of fused-ring (bicyclic) bond motifs is 1. The molecule has 0 saturated carbocycles. The lowest BCUT2D eigenvalue weighted by molar-refractivity contribution is 0.166. The van der Waals surface area contributed by atoms with Gasteiger partial charge in [-0.1, -0.05) is 6.42 Å². The van der Waals surface area contributed by atoms with Crippen LogP contribution in [0.1, 0.15) is 57.3 Å². The fourth-order valence-corrected chi connectivity index (χ4v) is 3.62. The molecule has 0 saturated heterocycles. The fraction of sp³-hybridized carbons (Fsp3) is 0.733. The molecule has 1 aromatic rings. The van der Waals surface area contributed by atoms with Gasteiger partial charge in [0.25, 0.3) is 0 Å². The number of hydrogen-bond donors (Lipinski definition) is 1. The van der Waals surface area contributed by atoms with Gasteiger partial charge in [-0.25, -0.2) is 8.42 Å². The molecule has 114 valence electrons. The van der Waals surface area contributed by atoms with Crippen LogP contribution >= 0.6 is 0 Å². The number of sulfone groups is 1. The molecule has 0 amide bonds. The lowest BCUT2D eigenvalue weighted by Crippen LogP contribution is -2.31. The van der Waals surface area contributed by atoms with Crippen LogP contribution in [0.3, 0.4) is 0 Å². The van der Waals surface area contributed by atoms with E-state index in [1.54, 1.807) is 20.8 Å². The highest BCUT2D eigenvalue weighted by atomic mass is 32.2. The van der Waals surface area contributed by atoms with E-state index in [9.17, 15) is 13.5 Å². The van der Waals surface area contributed by atoms with Gasteiger partial charge in [-0.15, -0.1) is 0 Å². The Morgan fingerprint density at radius 2 is 2.00 bits per heavy atom. The fourth-order valence-electron chi connectivity index (χ4n) is 2.55. The molecule has 0 spiro atoms. The molecular formula is C15H25NO3S. The molecular weight excluding hydrogens is 274 g/mol. The highest BCUT2D eigenvalue weighted by molar-refractivity contribution is 7.92. The SMILES string of the molecule is CC(C)(C)S(=O)(=O)CCn1cc2c(c1)C(O)CCCC2. The van der Waals surface area contributed by atoms with E-state index in [1.807, 2.05) is 17.0 Å². The molecule has 5 heteroatoms. The van der Waals surface area contributed by atoms with Gasteiger partial charge in [0.15, 0.2) is 9.84 Å². The van der Waals surface area contributed by atoms with Crippen molar-refractivity contribution in [1.82, 2.24) is 4.57 Å². The number of aryl methyl sites for hydroxylation is 2. The van der Waals surface area contributed by atoms with Crippen molar-refractivity contribution in [3.63, 3.8) is 0 Å². The van der Waals surface area contributed by atoms with E-state index in [0.29, 0.717) is 6.54 Å². The van der Waals surface area contributed by atoms with Gasteiger partial charge < -0.3 is 9.67 Å². The van der Waals surface area contributed by atoms with Crippen molar-refractivity contribution in [3.8, 4) is 0 Å². The van der Waals surface area contributed by atoms with Crippen LogP contribution in [-0.4, -0.2) is 28.6 Å². The first-order valence-electron chi connectivity index (χ1n) is 7.29. The zero-order chi connectivity index (χ0) is 15.0.